The molecule has 0 saturated carbocycles. The van der Waals surface area contributed by atoms with E-state index in [1.807, 2.05) is 13.8 Å². The number of nitrogen functional groups attached to an aromatic ring is 1. The molecule has 5 nitrogen and oxygen atoms in total. The van der Waals surface area contributed by atoms with E-state index in [-0.39, 0.29) is 5.60 Å². The largest absolute Gasteiger partial charge is 0.384 e. The van der Waals surface area contributed by atoms with E-state index in [1.165, 1.54) is 0 Å². The molecule has 2 N–H and O–H groups in total. The Bertz CT molecular complexity index is 629. The van der Waals surface area contributed by atoms with Gasteiger partial charge in [0, 0.05) is 25.6 Å². The van der Waals surface area contributed by atoms with Crippen molar-refractivity contribution in [2.45, 2.75) is 39.0 Å². The van der Waals surface area contributed by atoms with Gasteiger partial charge >= 0.3 is 0 Å². The van der Waals surface area contributed by atoms with Gasteiger partial charge in [0.15, 0.2) is 0 Å². The van der Waals surface area contributed by atoms with Gasteiger partial charge < -0.3 is 19.8 Å². The first-order valence-corrected chi connectivity index (χ1v) is 6.89. The molecular formula is C14H19N3O2S. The zero-order valence-corrected chi connectivity index (χ0v) is 12.8. The Balaban J connectivity index is 2.63. The molecule has 108 valence electrons. The monoisotopic (exact) mass is 293 g/mol. The number of nitrogens with zero attached hydrogens (tertiary/aromatic N) is 2. The molecule has 0 aromatic carbocycles. The van der Waals surface area contributed by atoms with Crippen LogP contribution in [0.15, 0.2) is 0 Å². The van der Waals surface area contributed by atoms with Crippen LogP contribution in [0, 0.1) is 16.0 Å². The number of nitrogens with two attached hydrogens (primary N) is 1. The van der Waals surface area contributed by atoms with Crippen molar-refractivity contribution in [3.8, 4) is 6.07 Å². The van der Waals surface area contributed by atoms with E-state index in [0.717, 1.165) is 11.1 Å². The summed E-state index contributed by atoms with van der Waals surface area (Å²) in [5.74, 6) is 0.422. The number of anilines is 1. The van der Waals surface area contributed by atoms with Crippen molar-refractivity contribution in [1.82, 2.24) is 4.57 Å². The number of rotatable bonds is 3. The summed E-state index contributed by atoms with van der Waals surface area (Å²) in [7, 11) is 1.62. The summed E-state index contributed by atoms with van der Waals surface area (Å²) in [6.07, 6.45) is 0.643. The molecule has 0 radical (unpaired) electrons. The molecule has 6 heteroatoms. The first-order valence-electron chi connectivity index (χ1n) is 6.48. The van der Waals surface area contributed by atoms with Crippen LogP contribution in [0.5, 0.6) is 0 Å². The molecule has 2 rings (SSSR count). The highest BCUT2D eigenvalue weighted by Gasteiger charge is 2.30. The summed E-state index contributed by atoms with van der Waals surface area (Å²) in [5, 5.41) is 9.44. The van der Waals surface area contributed by atoms with Crippen LogP contribution in [-0.2, 0) is 29.0 Å². The standard InChI is InChI=1S/C14H19N3O2S/c1-14(2)6-9-10(7-15)12(16)17(4-5-18-3)13(20)11(9)8-19-14/h4-6,8,16H2,1-3H3. The van der Waals surface area contributed by atoms with Crippen molar-refractivity contribution in [3.63, 3.8) is 0 Å². The van der Waals surface area contributed by atoms with Crippen LogP contribution in [0.3, 0.4) is 0 Å². The molecule has 20 heavy (non-hydrogen) atoms. The molecule has 0 unspecified atom stereocenters. The summed E-state index contributed by atoms with van der Waals surface area (Å²) < 4.78 is 13.3. The van der Waals surface area contributed by atoms with Crippen molar-refractivity contribution < 1.29 is 9.47 Å². The van der Waals surface area contributed by atoms with E-state index in [0.29, 0.717) is 42.2 Å². The smallest absolute Gasteiger partial charge is 0.122 e. The van der Waals surface area contributed by atoms with Crippen molar-refractivity contribution in [1.29, 1.82) is 5.26 Å². The SMILES string of the molecule is COCCn1c(N)c(C#N)c2c(c1=S)COC(C)(C)C2. The number of fused-ring (bicyclic) bond motifs is 1. The van der Waals surface area contributed by atoms with Gasteiger partial charge in [0.25, 0.3) is 0 Å². The Hall–Kier alpha value is -1.42. The summed E-state index contributed by atoms with van der Waals surface area (Å²) in [5.41, 5.74) is 8.17. The number of methoxy groups -OCH3 is 1. The van der Waals surface area contributed by atoms with Gasteiger partial charge in [0.1, 0.15) is 16.5 Å². The van der Waals surface area contributed by atoms with Gasteiger partial charge in [0.05, 0.1) is 24.4 Å². The number of hydrogen-bond acceptors (Lipinski definition) is 5. The molecule has 0 spiro atoms. The Kier molecular flexibility index (Phi) is 4.14. The third kappa shape index (κ3) is 2.57. The van der Waals surface area contributed by atoms with Gasteiger partial charge in [0.2, 0.25) is 0 Å². The Labute approximate surface area is 123 Å². The van der Waals surface area contributed by atoms with Gasteiger partial charge in [-0.25, -0.2) is 0 Å². The number of aromatic nitrogens is 1. The van der Waals surface area contributed by atoms with Crippen LogP contribution in [-0.4, -0.2) is 23.9 Å². The third-order valence-corrected chi connectivity index (χ3v) is 4.02. The second kappa shape index (κ2) is 5.52. The summed E-state index contributed by atoms with van der Waals surface area (Å²) in [4.78, 5) is 0. The molecule has 1 aliphatic rings. The quantitative estimate of drug-likeness (QED) is 0.865. The van der Waals surface area contributed by atoms with E-state index in [9.17, 15) is 5.26 Å². The molecule has 0 aliphatic carbocycles. The maximum atomic E-state index is 9.44. The van der Waals surface area contributed by atoms with Gasteiger partial charge in [-0.1, -0.05) is 12.2 Å². The van der Waals surface area contributed by atoms with Crippen LogP contribution in [0.4, 0.5) is 5.82 Å². The van der Waals surface area contributed by atoms with Gasteiger partial charge in [-0.3, -0.25) is 0 Å². The van der Waals surface area contributed by atoms with Crippen LogP contribution in [0.25, 0.3) is 0 Å². The average molecular weight is 293 g/mol. The van der Waals surface area contributed by atoms with Gasteiger partial charge in [-0.05, 0) is 19.4 Å². The minimum Gasteiger partial charge on any atom is -0.384 e. The predicted molar refractivity (Wildman–Crippen MR) is 78.8 cm³/mol. The summed E-state index contributed by atoms with van der Waals surface area (Å²) >= 11 is 5.50. The van der Waals surface area contributed by atoms with E-state index in [4.69, 9.17) is 27.4 Å². The lowest BCUT2D eigenvalue weighted by Crippen LogP contribution is -2.34. The number of nitriles is 1. The summed E-state index contributed by atoms with van der Waals surface area (Å²) in [6.45, 7) is 5.45. The van der Waals surface area contributed by atoms with Crippen LogP contribution in [0.1, 0.15) is 30.5 Å². The Morgan fingerprint density at radius 1 is 1.50 bits per heavy atom. The van der Waals surface area contributed by atoms with E-state index in [2.05, 4.69) is 6.07 Å². The number of hydrogen-bond donors (Lipinski definition) is 1. The minimum atomic E-state index is -0.300. The van der Waals surface area contributed by atoms with Gasteiger partial charge in [-0.2, -0.15) is 5.26 Å². The molecule has 1 aliphatic heterocycles. The maximum Gasteiger partial charge on any atom is 0.122 e. The molecule has 1 aromatic heterocycles. The lowest BCUT2D eigenvalue weighted by molar-refractivity contribution is -0.0407. The van der Waals surface area contributed by atoms with E-state index < -0.39 is 0 Å². The predicted octanol–water partition coefficient (Wildman–Crippen LogP) is 2.17. The fourth-order valence-electron chi connectivity index (χ4n) is 2.46. The van der Waals surface area contributed by atoms with Crippen molar-refractivity contribution in [2.24, 2.45) is 0 Å². The molecule has 0 saturated heterocycles. The molecule has 0 bridgehead atoms. The molecule has 0 atom stereocenters. The third-order valence-electron chi connectivity index (χ3n) is 3.56. The van der Waals surface area contributed by atoms with E-state index >= 15 is 0 Å². The lowest BCUT2D eigenvalue weighted by atomic mass is 9.89. The molecule has 2 heterocycles. The van der Waals surface area contributed by atoms with Crippen LogP contribution >= 0.6 is 12.2 Å². The first-order chi connectivity index (χ1) is 9.41. The fourth-order valence-corrected chi connectivity index (χ4v) is 2.83. The second-order valence-electron chi connectivity index (χ2n) is 5.50. The second-order valence-corrected chi connectivity index (χ2v) is 5.89. The fraction of sp³-hybridized carbons (Fsp3) is 0.571. The molecular weight excluding hydrogens is 274 g/mol. The highest BCUT2D eigenvalue weighted by atomic mass is 32.1. The lowest BCUT2D eigenvalue weighted by Gasteiger charge is -2.33. The molecule has 0 amide bonds. The van der Waals surface area contributed by atoms with Crippen molar-refractivity contribution in [3.05, 3.63) is 21.3 Å². The average Bonchev–Trinajstić information content (AvgIpc) is 2.38. The first kappa shape index (κ1) is 15.0. The number of ether oxygens (including phenoxy) is 2. The van der Waals surface area contributed by atoms with Crippen molar-refractivity contribution in [2.75, 3.05) is 19.5 Å². The minimum absolute atomic E-state index is 0.300. The molecule has 1 aromatic rings. The topological polar surface area (TPSA) is 73.2 Å². The zero-order chi connectivity index (χ0) is 14.9. The maximum absolute atomic E-state index is 9.44. The highest BCUT2D eigenvalue weighted by Crippen LogP contribution is 2.33. The van der Waals surface area contributed by atoms with Crippen LogP contribution in [0.2, 0.25) is 0 Å². The normalized spacial score (nSPS) is 16.5. The highest BCUT2D eigenvalue weighted by molar-refractivity contribution is 7.71. The zero-order valence-electron chi connectivity index (χ0n) is 12.0. The van der Waals surface area contributed by atoms with E-state index in [1.54, 1.807) is 11.7 Å². The van der Waals surface area contributed by atoms with Gasteiger partial charge in [-0.15, -0.1) is 0 Å². The van der Waals surface area contributed by atoms with Crippen molar-refractivity contribution >= 4 is 18.0 Å². The Morgan fingerprint density at radius 3 is 2.80 bits per heavy atom. The molecule has 0 fully saturated rings. The van der Waals surface area contributed by atoms with Crippen LogP contribution < -0.4 is 5.73 Å². The summed E-state index contributed by atoms with van der Waals surface area (Å²) in [6, 6.07) is 2.22. The Morgan fingerprint density at radius 2 is 2.20 bits per heavy atom. The number of pyridine rings is 1.